The minimum Gasteiger partial charge on any atom is -0.394 e. The monoisotopic (exact) mass is 227 g/mol. The van der Waals surface area contributed by atoms with Crippen molar-refractivity contribution >= 4 is 0 Å². The molecular formula is C13H25NO2. The van der Waals surface area contributed by atoms with Crippen LogP contribution in [0.5, 0.6) is 0 Å². The van der Waals surface area contributed by atoms with Crippen LogP contribution < -0.4 is 5.32 Å². The van der Waals surface area contributed by atoms with Crippen LogP contribution in [0.25, 0.3) is 0 Å². The molecule has 2 aliphatic rings. The van der Waals surface area contributed by atoms with Crippen LogP contribution in [0.2, 0.25) is 0 Å². The van der Waals surface area contributed by atoms with Gasteiger partial charge in [0.1, 0.15) is 0 Å². The van der Waals surface area contributed by atoms with E-state index >= 15 is 0 Å². The molecule has 1 heterocycles. The van der Waals surface area contributed by atoms with Gasteiger partial charge in [0.15, 0.2) is 0 Å². The van der Waals surface area contributed by atoms with E-state index in [0.29, 0.717) is 6.10 Å². The van der Waals surface area contributed by atoms with Crippen molar-refractivity contribution in [1.82, 2.24) is 5.32 Å². The van der Waals surface area contributed by atoms with Gasteiger partial charge in [0.25, 0.3) is 0 Å². The fraction of sp³-hybridized carbons (Fsp3) is 1.00. The zero-order valence-electron chi connectivity index (χ0n) is 10.2. The van der Waals surface area contributed by atoms with E-state index in [1.54, 1.807) is 0 Å². The summed E-state index contributed by atoms with van der Waals surface area (Å²) in [5.41, 5.74) is -0.000935. The molecule has 0 bridgehead atoms. The lowest BCUT2D eigenvalue weighted by Gasteiger charge is -2.38. The number of nitrogens with one attached hydrogen (secondary N) is 1. The van der Waals surface area contributed by atoms with Crippen LogP contribution in [0.15, 0.2) is 0 Å². The number of ether oxygens (including phenoxy) is 1. The van der Waals surface area contributed by atoms with Gasteiger partial charge >= 0.3 is 0 Å². The first-order chi connectivity index (χ1) is 7.85. The molecule has 2 fully saturated rings. The van der Waals surface area contributed by atoms with E-state index in [4.69, 9.17) is 4.74 Å². The van der Waals surface area contributed by atoms with Gasteiger partial charge in [-0.05, 0) is 32.1 Å². The maximum Gasteiger partial charge on any atom is 0.0699 e. The lowest BCUT2D eigenvalue weighted by molar-refractivity contribution is 0.00549. The molecule has 1 atom stereocenters. The second-order valence-corrected chi connectivity index (χ2v) is 5.37. The van der Waals surface area contributed by atoms with Crippen molar-refractivity contribution in [3.05, 3.63) is 0 Å². The number of aliphatic hydroxyl groups is 1. The lowest BCUT2D eigenvalue weighted by Crippen LogP contribution is -2.52. The maximum absolute atomic E-state index is 9.57. The molecule has 1 saturated carbocycles. The molecule has 0 radical (unpaired) electrons. The van der Waals surface area contributed by atoms with Gasteiger partial charge in [-0.15, -0.1) is 0 Å². The molecule has 1 aliphatic heterocycles. The van der Waals surface area contributed by atoms with Crippen LogP contribution in [0.4, 0.5) is 0 Å². The Balaban J connectivity index is 1.77. The molecule has 0 amide bonds. The van der Waals surface area contributed by atoms with Crippen LogP contribution in [0.1, 0.15) is 51.4 Å². The topological polar surface area (TPSA) is 41.5 Å². The molecule has 16 heavy (non-hydrogen) atoms. The molecule has 3 nitrogen and oxygen atoms in total. The Morgan fingerprint density at radius 2 is 1.94 bits per heavy atom. The van der Waals surface area contributed by atoms with Crippen LogP contribution in [-0.2, 0) is 4.74 Å². The van der Waals surface area contributed by atoms with Gasteiger partial charge < -0.3 is 15.2 Å². The van der Waals surface area contributed by atoms with Crippen molar-refractivity contribution in [2.75, 3.05) is 19.8 Å². The molecular weight excluding hydrogens is 202 g/mol. The minimum absolute atomic E-state index is 0.000935. The molecule has 1 saturated heterocycles. The van der Waals surface area contributed by atoms with E-state index < -0.39 is 0 Å². The normalized spacial score (nSPS) is 30.2. The Morgan fingerprint density at radius 1 is 1.12 bits per heavy atom. The molecule has 1 aliphatic carbocycles. The summed E-state index contributed by atoms with van der Waals surface area (Å²) in [7, 11) is 0. The summed E-state index contributed by atoms with van der Waals surface area (Å²) >= 11 is 0. The van der Waals surface area contributed by atoms with Crippen molar-refractivity contribution in [1.29, 1.82) is 0 Å². The van der Waals surface area contributed by atoms with E-state index in [2.05, 4.69) is 5.32 Å². The quantitative estimate of drug-likeness (QED) is 0.770. The molecule has 1 unspecified atom stereocenters. The number of hydrogen-bond donors (Lipinski definition) is 2. The van der Waals surface area contributed by atoms with E-state index in [1.165, 1.54) is 38.5 Å². The first-order valence-corrected chi connectivity index (χ1v) is 6.82. The lowest BCUT2D eigenvalue weighted by atomic mass is 9.82. The average Bonchev–Trinajstić information content (AvgIpc) is 2.39. The van der Waals surface area contributed by atoms with Crippen LogP contribution in [0, 0.1) is 0 Å². The number of rotatable bonds is 4. The van der Waals surface area contributed by atoms with Crippen molar-refractivity contribution in [2.45, 2.75) is 63.0 Å². The van der Waals surface area contributed by atoms with Crippen molar-refractivity contribution in [3.63, 3.8) is 0 Å². The highest BCUT2D eigenvalue weighted by atomic mass is 16.5. The van der Waals surface area contributed by atoms with Crippen LogP contribution in [-0.4, -0.2) is 36.5 Å². The zero-order valence-corrected chi connectivity index (χ0v) is 10.2. The van der Waals surface area contributed by atoms with Gasteiger partial charge in [-0.1, -0.05) is 19.3 Å². The molecule has 3 heteroatoms. The Labute approximate surface area is 98.6 Å². The second-order valence-electron chi connectivity index (χ2n) is 5.37. The molecule has 2 rings (SSSR count). The zero-order chi connectivity index (χ0) is 11.3. The molecule has 2 N–H and O–H groups in total. The highest BCUT2D eigenvalue weighted by Gasteiger charge is 2.31. The summed E-state index contributed by atoms with van der Waals surface area (Å²) in [5.74, 6) is 0. The minimum atomic E-state index is -0.000935. The molecule has 0 spiro atoms. The van der Waals surface area contributed by atoms with Gasteiger partial charge in [-0.3, -0.25) is 0 Å². The average molecular weight is 227 g/mol. The van der Waals surface area contributed by atoms with Crippen LogP contribution in [0.3, 0.4) is 0 Å². The summed E-state index contributed by atoms with van der Waals surface area (Å²) in [5, 5.41) is 13.1. The predicted octanol–water partition coefficient (Wildman–Crippen LogP) is 1.84. The first-order valence-electron chi connectivity index (χ1n) is 6.82. The van der Waals surface area contributed by atoms with Gasteiger partial charge in [-0.25, -0.2) is 0 Å². The molecule has 0 aromatic rings. The van der Waals surface area contributed by atoms with E-state index in [1.807, 2.05) is 0 Å². The Hall–Kier alpha value is -0.120. The summed E-state index contributed by atoms with van der Waals surface area (Å²) in [6.45, 7) is 2.11. The number of hydrogen-bond acceptors (Lipinski definition) is 3. The first kappa shape index (κ1) is 12.3. The van der Waals surface area contributed by atoms with E-state index in [9.17, 15) is 5.11 Å². The molecule has 94 valence electrons. The largest absolute Gasteiger partial charge is 0.394 e. The predicted molar refractivity (Wildman–Crippen MR) is 64.5 cm³/mol. The summed E-state index contributed by atoms with van der Waals surface area (Å²) in [4.78, 5) is 0. The molecule has 0 aromatic carbocycles. The second kappa shape index (κ2) is 5.99. The van der Waals surface area contributed by atoms with Crippen molar-refractivity contribution < 1.29 is 9.84 Å². The summed E-state index contributed by atoms with van der Waals surface area (Å²) in [6.07, 6.45) is 10.1. The van der Waals surface area contributed by atoms with Gasteiger partial charge in [0.2, 0.25) is 0 Å². The highest BCUT2D eigenvalue weighted by Crippen LogP contribution is 2.28. The van der Waals surface area contributed by atoms with Crippen molar-refractivity contribution in [2.24, 2.45) is 0 Å². The van der Waals surface area contributed by atoms with Gasteiger partial charge in [-0.2, -0.15) is 0 Å². The third-order valence-corrected chi connectivity index (χ3v) is 4.09. The third-order valence-electron chi connectivity index (χ3n) is 4.09. The summed E-state index contributed by atoms with van der Waals surface area (Å²) in [6, 6.07) is 0. The van der Waals surface area contributed by atoms with Gasteiger partial charge in [0.05, 0.1) is 12.7 Å². The standard InChI is InChI=1S/C13H25NO2/c15-11-13(7-3-1-4-8-13)14-10-12-6-2-5-9-16-12/h12,14-15H,1-11H2. The number of aliphatic hydroxyl groups excluding tert-OH is 1. The van der Waals surface area contributed by atoms with Crippen molar-refractivity contribution in [3.8, 4) is 0 Å². The fourth-order valence-electron chi connectivity index (χ4n) is 2.92. The van der Waals surface area contributed by atoms with Crippen LogP contribution >= 0.6 is 0 Å². The van der Waals surface area contributed by atoms with E-state index in [0.717, 1.165) is 26.0 Å². The Bertz CT molecular complexity index is 196. The fourth-order valence-corrected chi connectivity index (χ4v) is 2.92. The van der Waals surface area contributed by atoms with E-state index in [-0.39, 0.29) is 12.1 Å². The molecule has 0 aromatic heterocycles. The highest BCUT2D eigenvalue weighted by molar-refractivity contribution is 4.91. The maximum atomic E-state index is 9.57. The third kappa shape index (κ3) is 3.19. The SMILES string of the molecule is OCC1(NCC2CCCCO2)CCCCC1. The summed E-state index contributed by atoms with van der Waals surface area (Å²) < 4.78 is 5.71. The Kier molecular flexibility index (Phi) is 4.62. The smallest absolute Gasteiger partial charge is 0.0699 e. The van der Waals surface area contributed by atoms with Gasteiger partial charge in [0, 0.05) is 18.7 Å². The Morgan fingerprint density at radius 3 is 2.56 bits per heavy atom.